The molecule has 0 aromatic carbocycles. The number of nitrogens with zero attached hydrogens (tertiary/aromatic N) is 2. The van der Waals surface area contributed by atoms with E-state index in [4.69, 9.17) is 4.74 Å². The second kappa shape index (κ2) is 5.23. The minimum absolute atomic E-state index is 0.00898. The zero-order chi connectivity index (χ0) is 11.4. The fourth-order valence-corrected chi connectivity index (χ4v) is 2.01. The lowest BCUT2D eigenvalue weighted by molar-refractivity contribution is -0.140. The molecule has 0 radical (unpaired) electrons. The average Bonchev–Trinajstić information content (AvgIpc) is 2.62. The van der Waals surface area contributed by atoms with Crippen molar-refractivity contribution in [3.8, 4) is 0 Å². The maximum Gasteiger partial charge on any atom is 0.251 e. The fourth-order valence-electron chi connectivity index (χ4n) is 1.18. The van der Waals surface area contributed by atoms with Crippen molar-refractivity contribution in [2.75, 3.05) is 14.2 Å². The second-order valence-corrected chi connectivity index (χ2v) is 4.37. The van der Waals surface area contributed by atoms with E-state index in [1.165, 1.54) is 7.11 Å². The number of ether oxygens (including phenoxy) is 1. The van der Waals surface area contributed by atoms with Gasteiger partial charge in [-0.25, -0.2) is 4.98 Å². The topological polar surface area (TPSA) is 42.4 Å². The SMILES string of the molecule is COC(C)C(=O)N(C)Cc1scnc1C. The first-order valence-electron chi connectivity index (χ1n) is 4.73. The number of aromatic nitrogens is 1. The number of amides is 1. The van der Waals surface area contributed by atoms with Crippen LogP contribution in [0.1, 0.15) is 17.5 Å². The molecule has 0 saturated heterocycles. The summed E-state index contributed by atoms with van der Waals surface area (Å²) in [6.07, 6.45) is -0.386. The summed E-state index contributed by atoms with van der Waals surface area (Å²) in [5, 5.41) is 0. The summed E-state index contributed by atoms with van der Waals surface area (Å²) in [6.45, 7) is 4.30. The Bertz CT molecular complexity index is 338. The number of hydrogen-bond acceptors (Lipinski definition) is 4. The fraction of sp³-hybridized carbons (Fsp3) is 0.600. The quantitative estimate of drug-likeness (QED) is 0.783. The van der Waals surface area contributed by atoms with Gasteiger partial charge in [-0.3, -0.25) is 4.79 Å². The molecule has 1 atom stereocenters. The molecule has 0 aliphatic carbocycles. The maximum absolute atomic E-state index is 11.7. The Balaban J connectivity index is 2.60. The van der Waals surface area contributed by atoms with Crippen molar-refractivity contribution in [1.29, 1.82) is 0 Å². The molecule has 1 amide bonds. The zero-order valence-corrected chi connectivity index (χ0v) is 10.3. The molecule has 0 aliphatic heterocycles. The van der Waals surface area contributed by atoms with Gasteiger partial charge < -0.3 is 9.64 Å². The van der Waals surface area contributed by atoms with Gasteiger partial charge in [0.1, 0.15) is 6.10 Å². The van der Waals surface area contributed by atoms with Crippen molar-refractivity contribution >= 4 is 17.2 Å². The van der Waals surface area contributed by atoms with E-state index in [1.807, 2.05) is 6.92 Å². The van der Waals surface area contributed by atoms with Gasteiger partial charge in [0.15, 0.2) is 0 Å². The zero-order valence-electron chi connectivity index (χ0n) is 9.48. The largest absolute Gasteiger partial charge is 0.372 e. The minimum Gasteiger partial charge on any atom is -0.372 e. The van der Waals surface area contributed by atoms with Crippen molar-refractivity contribution in [2.24, 2.45) is 0 Å². The highest BCUT2D eigenvalue weighted by atomic mass is 32.1. The maximum atomic E-state index is 11.7. The van der Waals surface area contributed by atoms with E-state index in [0.717, 1.165) is 10.6 Å². The molecule has 1 aromatic rings. The van der Waals surface area contributed by atoms with E-state index < -0.39 is 0 Å². The van der Waals surface area contributed by atoms with Gasteiger partial charge in [-0.1, -0.05) is 0 Å². The Labute approximate surface area is 93.9 Å². The Morgan fingerprint density at radius 2 is 2.40 bits per heavy atom. The van der Waals surface area contributed by atoms with Gasteiger partial charge in [0.25, 0.3) is 5.91 Å². The summed E-state index contributed by atoms with van der Waals surface area (Å²) < 4.78 is 4.98. The van der Waals surface area contributed by atoms with Crippen LogP contribution in [0.25, 0.3) is 0 Å². The lowest BCUT2D eigenvalue weighted by Crippen LogP contribution is -2.35. The molecule has 0 aliphatic rings. The van der Waals surface area contributed by atoms with E-state index in [2.05, 4.69) is 4.98 Å². The minimum atomic E-state index is -0.386. The third-order valence-electron chi connectivity index (χ3n) is 2.30. The van der Waals surface area contributed by atoms with Crippen molar-refractivity contribution in [3.63, 3.8) is 0 Å². The van der Waals surface area contributed by atoms with Gasteiger partial charge in [-0.2, -0.15) is 0 Å². The molecule has 84 valence electrons. The predicted octanol–water partition coefficient (Wildman–Crippen LogP) is 1.44. The van der Waals surface area contributed by atoms with Crippen LogP contribution in [0.3, 0.4) is 0 Å². The van der Waals surface area contributed by atoms with Crippen LogP contribution < -0.4 is 0 Å². The van der Waals surface area contributed by atoms with Crippen molar-refractivity contribution in [1.82, 2.24) is 9.88 Å². The third kappa shape index (κ3) is 3.00. The molecule has 0 spiro atoms. The number of methoxy groups -OCH3 is 1. The molecule has 4 nitrogen and oxygen atoms in total. The monoisotopic (exact) mass is 228 g/mol. The van der Waals surface area contributed by atoms with Gasteiger partial charge in [-0.05, 0) is 13.8 Å². The van der Waals surface area contributed by atoms with E-state index in [9.17, 15) is 4.79 Å². The predicted molar refractivity (Wildman–Crippen MR) is 59.8 cm³/mol. The van der Waals surface area contributed by atoms with E-state index in [-0.39, 0.29) is 12.0 Å². The van der Waals surface area contributed by atoms with Crippen LogP contribution in [-0.2, 0) is 16.1 Å². The first kappa shape index (κ1) is 12.1. The number of rotatable bonds is 4. The van der Waals surface area contributed by atoms with Crippen molar-refractivity contribution < 1.29 is 9.53 Å². The van der Waals surface area contributed by atoms with Gasteiger partial charge >= 0.3 is 0 Å². The van der Waals surface area contributed by atoms with Crippen LogP contribution in [0.5, 0.6) is 0 Å². The molecule has 0 saturated carbocycles. The number of likely N-dealkylation sites (N-methyl/N-ethyl adjacent to an activating group) is 1. The normalized spacial score (nSPS) is 12.5. The van der Waals surface area contributed by atoms with Crippen LogP contribution in [0.4, 0.5) is 0 Å². The summed E-state index contributed by atoms with van der Waals surface area (Å²) in [7, 11) is 3.31. The summed E-state index contributed by atoms with van der Waals surface area (Å²) in [4.78, 5) is 18.6. The Hall–Kier alpha value is -0.940. The van der Waals surface area contributed by atoms with Crippen LogP contribution in [-0.4, -0.2) is 36.1 Å². The first-order chi connectivity index (χ1) is 7.06. The molecule has 5 heteroatoms. The van der Waals surface area contributed by atoms with E-state index >= 15 is 0 Å². The Morgan fingerprint density at radius 1 is 1.73 bits per heavy atom. The van der Waals surface area contributed by atoms with Crippen LogP contribution in [0, 0.1) is 6.92 Å². The molecule has 0 N–H and O–H groups in total. The van der Waals surface area contributed by atoms with E-state index in [0.29, 0.717) is 6.54 Å². The van der Waals surface area contributed by atoms with Crippen LogP contribution in [0.15, 0.2) is 5.51 Å². The Morgan fingerprint density at radius 3 is 2.87 bits per heavy atom. The molecule has 0 bridgehead atoms. The van der Waals surface area contributed by atoms with Gasteiger partial charge in [0, 0.05) is 19.0 Å². The van der Waals surface area contributed by atoms with Gasteiger partial charge in [0.2, 0.25) is 0 Å². The molecule has 1 rings (SSSR count). The lowest BCUT2D eigenvalue weighted by Gasteiger charge is -2.19. The average molecular weight is 228 g/mol. The number of aryl methyl sites for hydroxylation is 1. The number of thiazole rings is 1. The Kier molecular flexibility index (Phi) is 4.23. The van der Waals surface area contributed by atoms with Gasteiger partial charge in [-0.15, -0.1) is 11.3 Å². The van der Waals surface area contributed by atoms with Crippen molar-refractivity contribution in [3.05, 3.63) is 16.1 Å². The van der Waals surface area contributed by atoms with E-state index in [1.54, 1.807) is 35.7 Å². The standard InChI is InChI=1S/C10H16N2O2S/c1-7-9(15-6-11-7)5-12(3)10(13)8(2)14-4/h6,8H,5H2,1-4H3. The number of carbonyl (C=O) groups excluding carboxylic acids is 1. The highest BCUT2D eigenvalue weighted by Gasteiger charge is 2.17. The first-order valence-corrected chi connectivity index (χ1v) is 5.61. The second-order valence-electron chi connectivity index (χ2n) is 3.43. The molecule has 1 unspecified atom stereocenters. The summed E-state index contributed by atoms with van der Waals surface area (Å²) in [5.74, 6) is -0.00898. The summed E-state index contributed by atoms with van der Waals surface area (Å²) >= 11 is 1.57. The molecule has 1 aromatic heterocycles. The number of hydrogen-bond donors (Lipinski definition) is 0. The lowest BCUT2D eigenvalue weighted by atomic mass is 10.3. The molecule has 15 heavy (non-hydrogen) atoms. The third-order valence-corrected chi connectivity index (χ3v) is 3.22. The number of carbonyl (C=O) groups is 1. The smallest absolute Gasteiger partial charge is 0.251 e. The van der Waals surface area contributed by atoms with Crippen LogP contribution in [0.2, 0.25) is 0 Å². The highest BCUT2D eigenvalue weighted by molar-refractivity contribution is 7.09. The van der Waals surface area contributed by atoms with Gasteiger partial charge in [0.05, 0.1) is 17.7 Å². The molecular weight excluding hydrogens is 212 g/mol. The summed E-state index contributed by atoms with van der Waals surface area (Å²) in [6, 6.07) is 0. The van der Waals surface area contributed by atoms with Crippen molar-refractivity contribution in [2.45, 2.75) is 26.5 Å². The molecule has 0 fully saturated rings. The highest BCUT2D eigenvalue weighted by Crippen LogP contribution is 2.14. The van der Waals surface area contributed by atoms with Crippen LogP contribution >= 0.6 is 11.3 Å². The molecule has 1 heterocycles. The molecular formula is C10H16N2O2S. The summed E-state index contributed by atoms with van der Waals surface area (Å²) in [5.41, 5.74) is 2.78.